The van der Waals surface area contributed by atoms with E-state index in [9.17, 15) is 8.78 Å². The third-order valence-electron chi connectivity index (χ3n) is 4.37. The highest BCUT2D eigenvalue weighted by molar-refractivity contribution is 7.98. The van der Waals surface area contributed by atoms with E-state index in [1.54, 1.807) is 25.5 Å². The van der Waals surface area contributed by atoms with Gasteiger partial charge in [0.1, 0.15) is 18.1 Å². The normalized spacial score (nSPS) is 11.4. The summed E-state index contributed by atoms with van der Waals surface area (Å²) in [6.45, 7) is 2.39. The molecule has 3 aromatic rings. The first kappa shape index (κ1) is 21.8. The number of hydrogen-bond donors (Lipinski definition) is 0. The molecule has 0 bridgehead atoms. The van der Waals surface area contributed by atoms with Gasteiger partial charge in [-0.1, -0.05) is 30.8 Å². The lowest BCUT2D eigenvalue weighted by atomic mass is 10.1. The van der Waals surface area contributed by atoms with Gasteiger partial charge in [-0.25, -0.2) is 8.78 Å². The van der Waals surface area contributed by atoms with Gasteiger partial charge in [0.15, 0.2) is 0 Å². The summed E-state index contributed by atoms with van der Waals surface area (Å²) in [4.78, 5) is 0. The van der Waals surface area contributed by atoms with E-state index in [-0.39, 0.29) is 5.16 Å². The summed E-state index contributed by atoms with van der Waals surface area (Å²) in [5, 5.41) is 11.7. The Bertz CT molecular complexity index is 1010. The molecule has 0 aliphatic heterocycles. The topological polar surface area (TPSA) is 61.5 Å². The van der Waals surface area contributed by atoms with Crippen molar-refractivity contribution in [2.75, 3.05) is 13.4 Å². The predicted molar refractivity (Wildman–Crippen MR) is 113 cm³/mol. The van der Waals surface area contributed by atoms with Gasteiger partial charge >= 0.3 is 0 Å². The number of aromatic nitrogens is 3. The molecule has 0 fully saturated rings. The van der Waals surface area contributed by atoms with Crippen molar-refractivity contribution in [2.45, 2.75) is 31.5 Å². The molecule has 1 heterocycles. The zero-order chi connectivity index (χ0) is 21.5. The van der Waals surface area contributed by atoms with Gasteiger partial charge in [-0.05, 0) is 54.1 Å². The molecule has 9 heteroatoms. The van der Waals surface area contributed by atoms with Crippen molar-refractivity contribution in [3.8, 4) is 11.5 Å². The lowest BCUT2D eigenvalue weighted by Gasteiger charge is -2.11. The fourth-order valence-electron chi connectivity index (χ4n) is 2.75. The maximum atomic E-state index is 13.1. The number of aryl methyl sites for hydroxylation is 1. The molecule has 0 N–H and O–H groups in total. The first-order chi connectivity index (χ1) is 14.5. The van der Waals surface area contributed by atoms with Crippen LogP contribution in [0.3, 0.4) is 0 Å². The molecule has 0 atom stereocenters. The van der Waals surface area contributed by atoms with Crippen molar-refractivity contribution in [1.82, 2.24) is 14.9 Å². The molecule has 0 radical (unpaired) electrons. The second-order valence-electron chi connectivity index (χ2n) is 6.26. The zero-order valence-corrected chi connectivity index (χ0v) is 17.7. The highest BCUT2D eigenvalue weighted by Crippen LogP contribution is 2.24. The Morgan fingerprint density at radius 1 is 1.17 bits per heavy atom. The number of ether oxygens (including phenoxy) is 2. The van der Waals surface area contributed by atoms with Crippen LogP contribution >= 0.6 is 11.8 Å². The van der Waals surface area contributed by atoms with Crippen LogP contribution in [-0.4, -0.2) is 34.5 Å². The van der Waals surface area contributed by atoms with Crippen LogP contribution in [0.25, 0.3) is 0 Å². The van der Waals surface area contributed by atoms with Gasteiger partial charge in [0.25, 0.3) is 6.43 Å². The lowest BCUT2D eigenvalue weighted by Crippen LogP contribution is -2.02. The SMILES string of the molecule is CCc1ccc(OCc2cc(C=Nn3c(SC)nnc3C(F)F)ccc2OC)cc1. The number of thioether (sulfide) groups is 1. The second kappa shape index (κ2) is 10.2. The monoisotopic (exact) mass is 432 g/mol. The summed E-state index contributed by atoms with van der Waals surface area (Å²) in [6.07, 6.45) is 1.40. The molecule has 2 aromatic carbocycles. The molecule has 0 aliphatic rings. The van der Waals surface area contributed by atoms with Gasteiger partial charge in [0.2, 0.25) is 11.0 Å². The van der Waals surface area contributed by atoms with Crippen molar-refractivity contribution in [1.29, 1.82) is 0 Å². The molecule has 3 rings (SSSR count). The Hall–Kier alpha value is -2.94. The van der Waals surface area contributed by atoms with Crippen molar-refractivity contribution in [3.63, 3.8) is 0 Å². The van der Waals surface area contributed by atoms with E-state index in [2.05, 4.69) is 22.2 Å². The van der Waals surface area contributed by atoms with Crippen molar-refractivity contribution >= 4 is 18.0 Å². The molecule has 0 unspecified atom stereocenters. The molecule has 0 aliphatic carbocycles. The Labute approximate surface area is 177 Å². The van der Waals surface area contributed by atoms with E-state index in [1.807, 2.05) is 30.3 Å². The smallest absolute Gasteiger partial charge is 0.299 e. The molecule has 6 nitrogen and oxygen atoms in total. The van der Waals surface area contributed by atoms with Gasteiger partial charge in [-0.15, -0.1) is 10.2 Å². The van der Waals surface area contributed by atoms with E-state index in [0.29, 0.717) is 17.9 Å². The van der Waals surface area contributed by atoms with Crippen LogP contribution in [0.4, 0.5) is 8.78 Å². The summed E-state index contributed by atoms with van der Waals surface area (Å²) in [7, 11) is 1.58. The van der Waals surface area contributed by atoms with Crippen LogP contribution in [0.5, 0.6) is 11.5 Å². The fourth-order valence-corrected chi connectivity index (χ4v) is 3.18. The zero-order valence-electron chi connectivity index (χ0n) is 16.9. The van der Waals surface area contributed by atoms with Crippen LogP contribution in [-0.2, 0) is 13.0 Å². The third-order valence-corrected chi connectivity index (χ3v) is 4.99. The maximum Gasteiger partial charge on any atom is 0.299 e. The van der Waals surface area contributed by atoms with Crippen molar-refractivity contribution in [3.05, 3.63) is 65.0 Å². The molecular weight excluding hydrogens is 410 g/mol. The molecule has 0 amide bonds. The molecule has 1 aromatic heterocycles. The number of alkyl halides is 2. The van der Waals surface area contributed by atoms with E-state index in [1.165, 1.54) is 23.5 Å². The van der Waals surface area contributed by atoms with E-state index < -0.39 is 12.2 Å². The number of methoxy groups -OCH3 is 1. The van der Waals surface area contributed by atoms with E-state index in [4.69, 9.17) is 9.47 Å². The number of nitrogens with zero attached hydrogens (tertiary/aromatic N) is 4. The van der Waals surface area contributed by atoms with E-state index in [0.717, 1.165) is 22.4 Å². The van der Waals surface area contributed by atoms with Crippen LogP contribution in [0.15, 0.2) is 52.7 Å². The van der Waals surface area contributed by atoms with E-state index >= 15 is 0 Å². The summed E-state index contributed by atoms with van der Waals surface area (Å²) < 4.78 is 38.6. The second-order valence-corrected chi connectivity index (χ2v) is 7.03. The summed E-state index contributed by atoms with van der Waals surface area (Å²) in [5.74, 6) is 0.923. The molecule has 0 saturated heterocycles. The predicted octanol–water partition coefficient (Wildman–Crippen LogP) is 4.97. The standard InChI is InChI=1S/C21H22F2N4O2S/c1-4-14-5-8-17(9-6-14)29-13-16-11-15(7-10-18(16)28-2)12-24-27-20(19(22)23)25-26-21(27)30-3/h5-12,19H,4,13H2,1-3H3. The van der Waals surface area contributed by atoms with Crippen LogP contribution in [0, 0.1) is 0 Å². The van der Waals surface area contributed by atoms with Crippen molar-refractivity contribution < 1.29 is 18.3 Å². The Kier molecular flexibility index (Phi) is 7.40. The quantitative estimate of drug-likeness (QED) is 0.353. The summed E-state index contributed by atoms with van der Waals surface area (Å²) in [5.41, 5.74) is 2.75. The largest absolute Gasteiger partial charge is 0.496 e. The number of benzene rings is 2. The summed E-state index contributed by atoms with van der Waals surface area (Å²) >= 11 is 1.19. The van der Waals surface area contributed by atoms with Gasteiger partial charge in [0, 0.05) is 5.56 Å². The Balaban J connectivity index is 1.80. The average molecular weight is 432 g/mol. The average Bonchev–Trinajstić information content (AvgIpc) is 3.20. The Morgan fingerprint density at radius 3 is 2.57 bits per heavy atom. The minimum atomic E-state index is -2.77. The molecule has 30 heavy (non-hydrogen) atoms. The van der Waals surface area contributed by atoms with Gasteiger partial charge in [0.05, 0.1) is 13.3 Å². The van der Waals surface area contributed by atoms with Crippen molar-refractivity contribution in [2.24, 2.45) is 5.10 Å². The minimum Gasteiger partial charge on any atom is -0.496 e. The van der Waals surface area contributed by atoms with Crippen LogP contribution < -0.4 is 9.47 Å². The fraction of sp³-hybridized carbons (Fsp3) is 0.286. The number of hydrogen-bond acceptors (Lipinski definition) is 6. The number of rotatable bonds is 9. The van der Waals surface area contributed by atoms with Crippen LogP contribution in [0.2, 0.25) is 0 Å². The molecule has 158 valence electrons. The lowest BCUT2D eigenvalue weighted by molar-refractivity contribution is 0.135. The first-order valence-corrected chi connectivity index (χ1v) is 10.5. The Morgan fingerprint density at radius 2 is 1.93 bits per heavy atom. The molecule has 0 spiro atoms. The summed E-state index contributed by atoms with van der Waals surface area (Å²) in [6, 6.07) is 13.3. The molecular formula is C21H22F2N4O2S. The van der Waals surface area contributed by atoms with Gasteiger partial charge in [-0.2, -0.15) is 9.78 Å². The highest BCUT2D eigenvalue weighted by Gasteiger charge is 2.19. The highest BCUT2D eigenvalue weighted by atomic mass is 32.2. The maximum absolute atomic E-state index is 13.1. The minimum absolute atomic E-state index is 0.286. The third kappa shape index (κ3) is 5.15. The van der Waals surface area contributed by atoms with Gasteiger partial charge in [-0.3, -0.25) is 0 Å². The first-order valence-electron chi connectivity index (χ1n) is 9.26. The number of halogens is 2. The molecule has 0 saturated carbocycles. The van der Waals surface area contributed by atoms with Crippen LogP contribution in [0.1, 0.15) is 35.9 Å². The van der Waals surface area contributed by atoms with Gasteiger partial charge < -0.3 is 9.47 Å².